The largest absolute Gasteiger partial charge is 0.496 e. The van der Waals surface area contributed by atoms with Gasteiger partial charge in [-0.05, 0) is 42.0 Å². The molecule has 0 unspecified atom stereocenters. The fourth-order valence-corrected chi connectivity index (χ4v) is 3.50. The van der Waals surface area contributed by atoms with E-state index in [0.29, 0.717) is 16.7 Å². The average molecular weight is 449 g/mol. The second-order valence-corrected chi connectivity index (χ2v) is 7.19. The van der Waals surface area contributed by atoms with Gasteiger partial charge >= 0.3 is 5.97 Å². The zero-order valence-corrected chi connectivity index (χ0v) is 17.7. The number of fused-ring (bicyclic) bond motifs is 1. The highest BCUT2D eigenvalue weighted by molar-refractivity contribution is 6.21. The Morgan fingerprint density at radius 3 is 2.21 bits per heavy atom. The highest BCUT2D eigenvalue weighted by Crippen LogP contribution is 2.27. The molecular weight excluding hydrogens is 429 g/mol. The maximum absolute atomic E-state index is 13.6. The molecule has 1 aliphatic rings. The van der Waals surface area contributed by atoms with E-state index in [4.69, 9.17) is 14.2 Å². The Labute approximate surface area is 189 Å². The van der Waals surface area contributed by atoms with Crippen molar-refractivity contribution in [1.82, 2.24) is 4.90 Å². The van der Waals surface area contributed by atoms with Crippen molar-refractivity contribution in [3.8, 4) is 11.5 Å². The van der Waals surface area contributed by atoms with Gasteiger partial charge in [-0.1, -0.05) is 30.3 Å². The zero-order chi connectivity index (χ0) is 23.4. The van der Waals surface area contributed by atoms with Gasteiger partial charge in [0.15, 0.2) is 11.6 Å². The van der Waals surface area contributed by atoms with E-state index in [-0.39, 0.29) is 48.6 Å². The summed E-state index contributed by atoms with van der Waals surface area (Å²) in [6, 6.07) is 17.3. The Morgan fingerprint density at radius 1 is 0.879 bits per heavy atom. The second-order valence-electron chi connectivity index (χ2n) is 7.19. The molecule has 0 fully saturated rings. The number of imide groups is 1. The Balaban J connectivity index is 1.42. The molecule has 33 heavy (non-hydrogen) atoms. The predicted molar refractivity (Wildman–Crippen MR) is 116 cm³/mol. The molecule has 2 amide bonds. The third kappa shape index (κ3) is 4.55. The van der Waals surface area contributed by atoms with Gasteiger partial charge in [-0.15, -0.1) is 0 Å². The third-order valence-electron chi connectivity index (χ3n) is 5.11. The molecule has 1 heterocycles. The maximum Gasteiger partial charge on any atom is 0.342 e. The minimum Gasteiger partial charge on any atom is -0.496 e. The number of para-hydroxylation sites is 1. The first kappa shape index (κ1) is 22.0. The van der Waals surface area contributed by atoms with Crippen molar-refractivity contribution in [2.75, 3.05) is 20.3 Å². The highest BCUT2D eigenvalue weighted by Gasteiger charge is 2.35. The number of esters is 1. The lowest BCUT2D eigenvalue weighted by Crippen LogP contribution is -2.29. The van der Waals surface area contributed by atoms with Crippen LogP contribution >= 0.6 is 0 Å². The van der Waals surface area contributed by atoms with Crippen LogP contribution in [0.3, 0.4) is 0 Å². The van der Waals surface area contributed by atoms with Crippen LogP contribution in [0.5, 0.6) is 11.5 Å². The van der Waals surface area contributed by atoms with Crippen molar-refractivity contribution < 1.29 is 33.0 Å². The Kier molecular flexibility index (Phi) is 6.35. The van der Waals surface area contributed by atoms with Crippen LogP contribution in [-0.2, 0) is 11.3 Å². The van der Waals surface area contributed by atoms with Crippen LogP contribution in [0.4, 0.5) is 4.39 Å². The lowest BCUT2D eigenvalue weighted by Gasteiger charge is -2.16. The molecule has 3 aromatic carbocycles. The number of halogens is 1. The van der Waals surface area contributed by atoms with Crippen LogP contribution in [-0.4, -0.2) is 43.0 Å². The molecule has 4 rings (SSSR count). The number of carbonyl (C=O) groups excluding carboxylic acids is 3. The van der Waals surface area contributed by atoms with Crippen molar-refractivity contribution >= 4 is 17.8 Å². The Morgan fingerprint density at radius 2 is 1.55 bits per heavy atom. The number of methoxy groups -OCH3 is 1. The van der Waals surface area contributed by atoms with Gasteiger partial charge in [-0.2, -0.15) is 0 Å². The van der Waals surface area contributed by atoms with Gasteiger partial charge in [-0.25, -0.2) is 9.18 Å². The second kappa shape index (κ2) is 9.52. The molecule has 0 saturated heterocycles. The molecule has 0 saturated carbocycles. The lowest BCUT2D eigenvalue weighted by atomic mass is 10.1. The first-order valence-corrected chi connectivity index (χ1v) is 10.2. The van der Waals surface area contributed by atoms with Crippen molar-refractivity contribution in [2.24, 2.45) is 0 Å². The van der Waals surface area contributed by atoms with Gasteiger partial charge in [0.2, 0.25) is 0 Å². The van der Waals surface area contributed by atoms with E-state index in [0.717, 1.165) is 4.90 Å². The number of amides is 2. The van der Waals surface area contributed by atoms with Crippen LogP contribution in [0, 0.1) is 5.82 Å². The standard InChI is InChI=1S/C25H20FNO6/c1-31-21-11-10-16(15-27-23(28)17-6-2-3-7-18(17)24(27)29)14-19(21)25(30)33-13-12-32-22-9-5-4-8-20(22)26/h2-11,14H,12-13,15H2,1H3. The van der Waals surface area contributed by atoms with Gasteiger partial charge in [0.1, 0.15) is 24.5 Å². The van der Waals surface area contributed by atoms with Gasteiger partial charge in [0.05, 0.1) is 24.8 Å². The summed E-state index contributed by atoms with van der Waals surface area (Å²) in [5, 5.41) is 0. The summed E-state index contributed by atoms with van der Waals surface area (Å²) in [5.41, 5.74) is 1.40. The summed E-state index contributed by atoms with van der Waals surface area (Å²) in [4.78, 5) is 39.0. The number of carbonyl (C=O) groups is 3. The molecule has 8 heteroatoms. The number of hydrogen-bond acceptors (Lipinski definition) is 6. The molecule has 3 aromatic rings. The molecule has 0 atom stereocenters. The van der Waals surface area contributed by atoms with E-state index in [1.165, 1.54) is 25.3 Å². The SMILES string of the molecule is COc1ccc(CN2C(=O)c3ccccc3C2=O)cc1C(=O)OCCOc1ccccc1F. The van der Waals surface area contributed by atoms with E-state index < -0.39 is 11.8 Å². The van der Waals surface area contributed by atoms with E-state index in [1.807, 2.05) is 0 Å². The number of rotatable bonds is 8. The van der Waals surface area contributed by atoms with Crippen molar-refractivity contribution in [1.29, 1.82) is 0 Å². The molecule has 0 aliphatic carbocycles. The number of hydrogen-bond donors (Lipinski definition) is 0. The molecular formula is C25H20FNO6. The fraction of sp³-hybridized carbons (Fsp3) is 0.160. The topological polar surface area (TPSA) is 82.1 Å². The summed E-state index contributed by atoms with van der Waals surface area (Å²) in [6.07, 6.45) is 0. The molecule has 0 bridgehead atoms. The molecule has 168 valence electrons. The zero-order valence-electron chi connectivity index (χ0n) is 17.7. The quantitative estimate of drug-likeness (QED) is 0.295. The maximum atomic E-state index is 13.6. The normalized spacial score (nSPS) is 12.5. The Hall–Kier alpha value is -4.20. The fourth-order valence-electron chi connectivity index (χ4n) is 3.50. The smallest absolute Gasteiger partial charge is 0.342 e. The number of benzene rings is 3. The van der Waals surface area contributed by atoms with Crippen LogP contribution in [0.15, 0.2) is 66.7 Å². The molecule has 0 spiro atoms. The van der Waals surface area contributed by atoms with Gasteiger partial charge in [-0.3, -0.25) is 14.5 Å². The average Bonchev–Trinajstić information content (AvgIpc) is 3.07. The molecule has 0 aromatic heterocycles. The van der Waals surface area contributed by atoms with E-state index >= 15 is 0 Å². The summed E-state index contributed by atoms with van der Waals surface area (Å²) < 4.78 is 29.4. The van der Waals surface area contributed by atoms with Gasteiger partial charge in [0.25, 0.3) is 11.8 Å². The van der Waals surface area contributed by atoms with Gasteiger partial charge < -0.3 is 14.2 Å². The monoisotopic (exact) mass is 449 g/mol. The number of ether oxygens (including phenoxy) is 3. The van der Waals surface area contributed by atoms with Crippen molar-refractivity contribution in [3.63, 3.8) is 0 Å². The first-order chi connectivity index (χ1) is 16.0. The lowest BCUT2D eigenvalue weighted by molar-refractivity contribution is 0.0444. The molecule has 7 nitrogen and oxygen atoms in total. The number of nitrogens with zero attached hydrogens (tertiary/aromatic N) is 1. The molecule has 0 N–H and O–H groups in total. The summed E-state index contributed by atoms with van der Waals surface area (Å²) >= 11 is 0. The van der Waals surface area contributed by atoms with Crippen LogP contribution in [0.25, 0.3) is 0 Å². The summed E-state index contributed by atoms with van der Waals surface area (Å²) in [5.74, 6) is -1.61. The van der Waals surface area contributed by atoms with Crippen molar-refractivity contribution in [3.05, 3.63) is 94.8 Å². The minimum absolute atomic E-state index is 0.00693. The Bertz CT molecular complexity index is 1190. The van der Waals surface area contributed by atoms with Crippen LogP contribution in [0.1, 0.15) is 36.6 Å². The third-order valence-corrected chi connectivity index (χ3v) is 5.11. The van der Waals surface area contributed by atoms with Crippen LogP contribution < -0.4 is 9.47 Å². The highest BCUT2D eigenvalue weighted by atomic mass is 19.1. The van der Waals surface area contributed by atoms with Gasteiger partial charge in [0, 0.05) is 0 Å². The van der Waals surface area contributed by atoms with Crippen molar-refractivity contribution in [2.45, 2.75) is 6.54 Å². The predicted octanol–water partition coefficient (Wildman–Crippen LogP) is 3.87. The summed E-state index contributed by atoms with van der Waals surface area (Å²) in [7, 11) is 1.41. The summed E-state index contributed by atoms with van der Waals surface area (Å²) in [6.45, 7) is -0.157. The van der Waals surface area contributed by atoms with Crippen LogP contribution in [0.2, 0.25) is 0 Å². The van der Waals surface area contributed by atoms with E-state index in [9.17, 15) is 18.8 Å². The molecule has 0 radical (unpaired) electrons. The van der Waals surface area contributed by atoms with E-state index in [1.54, 1.807) is 48.5 Å². The first-order valence-electron chi connectivity index (χ1n) is 10.2. The van der Waals surface area contributed by atoms with E-state index in [2.05, 4.69) is 0 Å². The minimum atomic E-state index is -0.673. The molecule has 1 aliphatic heterocycles.